The molecular formula is C18H27NO3Si2. The molecule has 0 saturated carbocycles. The van der Waals surface area contributed by atoms with E-state index in [1.54, 1.807) is 0 Å². The normalized spacial score (nSPS) is 14.0. The Bertz CT molecular complexity index is 610. The van der Waals surface area contributed by atoms with Crippen molar-refractivity contribution in [2.24, 2.45) is 0 Å². The molecule has 0 fully saturated rings. The summed E-state index contributed by atoms with van der Waals surface area (Å²) in [7, 11) is -2.86. The molecule has 2 aromatic rings. The molecule has 130 valence electrons. The molecule has 0 aliphatic rings. The summed E-state index contributed by atoms with van der Waals surface area (Å²) >= 11 is 0. The molecule has 4 nitrogen and oxygen atoms in total. The molecule has 6 heteroatoms. The van der Waals surface area contributed by atoms with Gasteiger partial charge in [-0.25, -0.2) is 0 Å². The summed E-state index contributed by atoms with van der Waals surface area (Å²) in [6.07, 6.45) is 0. The molecule has 0 radical (unpaired) electrons. The van der Waals surface area contributed by atoms with Crippen molar-refractivity contribution in [3.05, 3.63) is 60.7 Å². The summed E-state index contributed by atoms with van der Waals surface area (Å²) in [4.78, 5) is 0. The lowest BCUT2D eigenvalue weighted by atomic mass is 10.3. The van der Waals surface area contributed by atoms with Gasteiger partial charge in [-0.15, -0.1) is 0 Å². The molecule has 2 rings (SSSR count). The van der Waals surface area contributed by atoms with Crippen molar-refractivity contribution in [2.45, 2.75) is 25.7 Å². The number of benzene rings is 2. The Morgan fingerprint density at radius 2 is 1.29 bits per heavy atom. The Labute approximate surface area is 147 Å². The first kappa shape index (κ1) is 18.7. The van der Waals surface area contributed by atoms with Crippen LogP contribution in [0.25, 0.3) is 0 Å². The highest BCUT2D eigenvalue weighted by Crippen LogP contribution is 2.25. The molecule has 2 aromatic carbocycles. The Morgan fingerprint density at radius 3 is 1.79 bits per heavy atom. The summed E-state index contributed by atoms with van der Waals surface area (Å²) in [5.74, 6) is 1.70. The van der Waals surface area contributed by atoms with Crippen LogP contribution in [0.3, 0.4) is 0 Å². The van der Waals surface area contributed by atoms with Gasteiger partial charge in [0.15, 0.2) is 0 Å². The monoisotopic (exact) mass is 361 g/mol. The lowest BCUT2D eigenvalue weighted by Gasteiger charge is -2.35. The van der Waals surface area contributed by atoms with E-state index in [1.807, 2.05) is 67.7 Å². The third kappa shape index (κ3) is 6.12. The lowest BCUT2D eigenvalue weighted by Crippen LogP contribution is -2.54. The van der Waals surface area contributed by atoms with Gasteiger partial charge in [-0.05, 0) is 57.5 Å². The van der Waals surface area contributed by atoms with E-state index >= 15 is 0 Å². The van der Waals surface area contributed by atoms with Gasteiger partial charge in [0.05, 0.1) is 0 Å². The number of nitrogens with one attached hydrogen (secondary N) is 1. The second-order valence-corrected chi connectivity index (χ2v) is 13.1. The van der Waals surface area contributed by atoms with E-state index in [0.29, 0.717) is 0 Å². The van der Waals surface area contributed by atoms with Crippen LogP contribution in [0.15, 0.2) is 60.7 Å². The van der Waals surface area contributed by atoms with E-state index in [4.69, 9.17) is 13.0 Å². The van der Waals surface area contributed by atoms with Gasteiger partial charge in [-0.1, -0.05) is 36.4 Å². The van der Waals surface area contributed by atoms with Crippen LogP contribution in [0, 0.1) is 0 Å². The van der Waals surface area contributed by atoms with Crippen LogP contribution in [0.5, 0.6) is 11.5 Å². The fourth-order valence-corrected chi connectivity index (χ4v) is 9.57. The average Bonchev–Trinajstić information content (AvgIpc) is 2.54. The maximum atomic E-state index is 6.53. The van der Waals surface area contributed by atoms with Crippen LogP contribution in [0.4, 0.5) is 0 Å². The van der Waals surface area contributed by atoms with E-state index in [2.05, 4.69) is 25.0 Å². The molecule has 0 aliphatic carbocycles. The zero-order valence-electron chi connectivity index (χ0n) is 14.9. The molecular weight excluding hydrogens is 334 g/mol. The van der Waals surface area contributed by atoms with E-state index in [9.17, 15) is 0 Å². The number of para-hydroxylation sites is 2. The molecule has 0 bridgehead atoms. The van der Waals surface area contributed by atoms with Gasteiger partial charge in [-0.3, -0.25) is 0 Å². The number of hydrogen-bond acceptors (Lipinski definition) is 4. The topological polar surface area (TPSA) is 39.7 Å². The molecule has 1 atom stereocenters. The van der Waals surface area contributed by atoms with Gasteiger partial charge in [-0.2, -0.15) is 0 Å². The van der Waals surface area contributed by atoms with Crippen LogP contribution in [-0.4, -0.2) is 30.7 Å². The van der Waals surface area contributed by atoms with E-state index in [-0.39, 0.29) is 0 Å². The van der Waals surface area contributed by atoms with Gasteiger partial charge in [0.1, 0.15) is 11.5 Å². The summed E-state index contributed by atoms with van der Waals surface area (Å²) in [5, 5.41) is 3.19. The minimum absolute atomic E-state index is 0.846. The van der Waals surface area contributed by atoms with Gasteiger partial charge < -0.3 is 18.3 Å². The molecule has 1 N–H and O–H groups in total. The number of rotatable bonds is 9. The first-order chi connectivity index (χ1) is 11.4. The quantitative estimate of drug-likeness (QED) is 0.681. The van der Waals surface area contributed by atoms with E-state index in [0.717, 1.165) is 24.1 Å². The first-order valence-electron chi connectivity index (χ1n) is 8.25. The highest BCUT2D eigenvalue weighted by molar-refractivity contribution is 6.80. The third-order valence-electron chi connectivity index (χ3n) is 3.47. The van der Waals surface area contributed by atoms with Crippen molar-refractivity contribution >= 4 is 17.1 Å². The summed E-state index contributed by atoms with van der Waals surface area (Å²) in [6.45, 7) is 7.10. The summed E-state index contributed by atoms with van der Waals surface area (Å²) in [5.41, 5.74) is 0. The van der Waals surface area contributed by atoms with Crippen LogP contribution in [0.2, 0.25) is 25.7 Å². The largest absolute Gasteiger partial charge is 0.521 e. The van der Waals surface area contributed by atoms with Gasteiger partial charge in [0.2, 0.25) is 0 Å². The SMILES string of the molecule is CNCC[Si](C)(Oc1ccccc1)O[Si](C)(C)Oc1ccccc1. The van der Waals surface area contributed by atoms with Crippen molar-refractivity contribution in [3.8, 4) is 11.5 Å². The van der Waals surface area contributed by atoms with Crippen LogP contribution in [0.1, 0.15) is 0 Å². The maximum absolute atomic E-state index is 6.53. The Hall–Kier alpha value is -1.61. The minimum Gasteiger partial charge on any atom is -0.521 e. The van der Waals surface area contributed by atoms with E-state index in [1.165, 1.54) is 0 Å². The van der Waals surface area contributed by atoms with Gasteiger partial charge in [0.25, 0.3) is 0 Å². The zero-order valence-corrected chi connectivity index (χ0v) is 16.9. The Balaban J connectivity index is 2.11. The molecule has 0 saturated heterocycles. The molecule has 0 heterocycles. The van der Waals surface area contributed by atoms with Crippen LogP contribution >= 0.6 is 0 Å². The van der Waals surface area contributed by atoms with Crippen molar-refractivity contribution in [1.29, 1.82) is 0 Å². The molecule has 1 unspecified atom stereocenters. The Kier molecular flexibility index (Phi) is 6.62. The summed E-state index contributed by atoms with van der Waals surface area (Å²) < 4.78 is 19.0. The fourth-order valence-electron chi connectivity index (χ4n) is 2.53. The van der Waals surface area contributed by atoms with Crippen LogP contribution in [-0.2, 0) is 4.12 Å². The molecule has 0 spiro atoms. The summed E-state index contributed by atoms with van der Waals surface area (Å²) in [6, 6.07) is 20.6. The first-order valence-corrected chi connectivity index (χ1v) is 13.6. The van der Waals surface area contributed by atoms with Crippen LogP contribution < -0.4 is 14.2 Å². The fraction of sp³-hybridized carbons (Fsp3) is 0.333. The molecule has 0 aliphatic heterocycles. The minimum atomic E-state index is -2.43. The Morgan fingerprint density at radius 1 is 0.792 bits per heavy atom. The molecule has 0 aromatic heterocycles. The van der Waals surface area contributed by atoms with Crippen molar-refractivity contribution in [1.82, 2.24) is 5.32 Å². The van der Waals surface area contributed by atoms with Gasteiger partial charge >= 0.3 is 17.1 Å². The smallest absolute Gasteiger partial charge is 0.388 e. The molecule has 24 heavy (non-hydrogen) atoms. The zero-order chi connectivity index (χ0) is 17.5. The predicted octanol–water partition coefficient (Wildman–Crippen LogP) is 4.15. The third-order valence-corrected chi connectivity index (χ3v) is 9.72. The lowest BCUT2D eigenvalue weighted by molar-refractivity contribution is 0.326. The highest BCUT2D eigenvalue weighted by Gasteiger charge is 2.42. The van der Waals surface area contributed by atoms with E-state index < -0.39 is 17.1 Å². The standard InChI is InChI=1S/C18H27NO3Si2/c1-19-15-16-24(4,21-18-13-9-6-10-14-18)22-23(2,3)20-17-11-7-5-8-12-17/h5-14,19H,15-16H2,1-4H3. The average molecular weight is 362 g/mol. The van der Waals surface area contributed by atoms with Crippen molar-refractivity contribution in [3.63, 3.8) is 0 Å². The van der Waals surface area contributed by atoms with Gasteiger partial charge in [0, 0.05) is 6.04 Å². The predicted molar refractivity (Wildman–Crippen MR) is 103 cm³/mol. The maximum Gasteiger partial charge on any atom is 0.388 e. The highest BCUT2D eigenvalue weighted by atomic mass is 28.5. The second-order valence-electron chi connectivity index (χ2n) is 6.32. The second kappa shape index (κ2) is 8.48. The van der Waals surface area contributed by atoms with Crippen molar-refractivity contribution in [2.75, 3.05) is 13.6 Å². The molecule has 0 amide bonds. The number of hydrogen-bond donors (Lipinski definition) is 1. The van der Waals surface area contributed by atoms with Crippen molar-refractivity contribution < 1.29 is 13.0 Å².